The Morgan fingerprint density at radius 2 is 1.74 bits per heavy atom. The highest BCUT2D eigenvalue weighted by molar-refractivity contribution is 5.87. The van der Waals surface area contributed by atoms with Crippen LogP contribution in [-0.4, -0.2) is 63.0 Å². The van der Waals surface area contributed by atoms with E-state index in [1.165, 1.54) is 30.6 Å². The number of fused-ring (bicyclic) bond motifs is 1. The van der Waals surface area contributed by atoms with Crippen LogP contribution in [0.4, 0.5) is 4.79 Å². The summed E-state index contributed by atoms with van der Waals surface area (Å²) in [4.78, 5) is 17.2. The van der Waals surface area contributed by atoms with E-state index in [0.29, 0.717) is 6.04 Å². The molecule has 1 aromatic heterocycles. The monoisotopic (exact) mass is 335 g/mol. The van der Waals surface area contributed by atoms with Gasteiger partial charge in [-0.1, -0.05) is 17.3 Å². The first-order chi connectivity index (χ1) is 10.8. The van der Waals surface area contributed by atoms with E-state index in [4.69, 9.17) is 0 Å². The van der Waals surface area contributed by atoms with Crippen molar-refractivity contribution in [2.45, 2.75) is 31.7 Å². The molecule has 0 spiro atoms. The minimum Gasteiger partial charge on any atom is -0.323 e. The van der Waals surface area contributed by atoms with Gasteiger partial charge in [0.25, 0.3) is 0 Å². The summed E-state index contributed by atoms with van der Waals surface area (Å²) in [7, 11) is 0. The Hall–Kier alpha value is -1.66. The van der Waals surface area contributed by atoms with Crippen LogP contribution in [0.25, 0.3) is 11.0 Å². The van der Waals surface area contributed by atoms with Crippen molar-refractivity contribution in [2.24, 2.45) is 0 Å². The van der Waals surface area contributed by atoms with E-state index in [1.54, 1.807) is 0 Å². The van der Waals surface area contributed by atoms with E-state index >= 15 is 0 Å². The third kappa shape index (κ3) is 3.05. The second-order valence-electron chi connectivity index (χ2n) is 6.23. The zero-order valence-corrected chi connectivity index (χ0v) is 13.9. The number of amides is 1. The standard InChI is InChI=1S/C16H21N5O.ClH/c22-16(21-15-6-2-1-5-14(15)17-18-21)20-11-7-13(8-12-20)19-9-3-4-10-19;/h1-2,5-6,13H,3-4,7-12H2;1H. The summed E-state index contributed by atoms with van der Waals surface area (Å²) in [6, 6.07) is 8.20. The molecule has 23 heavy (non-hydrogen) atoms. The molecule has 0 bridgehead atoms. The molecule has 0 saturated carbocycles. The highest BCUT2D eigenvalue weighted by Crippen LogP contribution is 2.22. The molecule has 7 heteroatoms. The summed E-state index contributed by atoms with van der Waals surface area (Å²) in [5.74, 6) is 0. The van der Waals surface area contributed by atoms with Gasteiger partial charge >= 0.3 is 6.03 Å². The van der Waals surface area contributed by atoms with Crippen molar-refractivity contribution in [1.29, 1.82) is 0 Å². The molecule has 124 valence electrons. The number of benzene rings is 1. The molecule has 2 aromatic rings. The predicted molar refractivity (Wildman–Crippen MR) is 91.0 cm³/mol. The molecule has 1 aromatic carbocycles. The van der Waals surface area contributed by atoms with Gasteiger partial charge in [-0.2, -0.15) is 4.68 Å². The molecule has 3 heterocycles. The molecule has 2 saturated heterocycles. The van der Waals surface area contributed by atoms with Crippen LogP contribution in [-0.2, 0) is 0 Å². The molecular formula is C16H22ClN5O. The molecule has 0 N–H and O–H groups in total. The van der Waals surface area contributed by atoms with Gasteiger partial charge in [-0.3, -0.25) is 0 Å². The van der Waals surface area contributed by atoms with E-state index in [9.17, 15) is 4.79 Å². The lowest BCUT2D eigenvalue weighted by molar-refractivity contribution is 0.133. The number of nitrogens with zero attached hydrogens (tertiary/aromatic N) is 5. The number of aromatic nitrogens is 3. The number of hydrogen-bond acceptors (Lipinski definition) is 4. The van der Waals surface area contributed by atoms with Crippen molar-refractivity contribution in [1.82, 2.24) is 24.8 Å². The summed E-state index contributed by atoms with van der Waals surface area (Å²) in [5, 5.41) is 8.10. The van der Waals surface area contributed by atoms with Crippen molar-refractivity contribution in [2.75, 3.05) is 26.2 Å². The highest BCUT2D eigenvalue weighted by Gasteiger charge is 2.29. The SMILES string of the molecule is Cl.O=C(N1CCC(N2CCCC2)CC1)n1nnc2ccccc21. The molecule has 6 nitrogen and oxygen atoms in total. The van der Waals surface area contributed by atoms with Gasteiger partial charge in [0.15, 0.2) is 0 Å². The maximum atomic E-state index is 12.7. The molecular weight excluding hydrogens is 314 g/mol. The Morgan fingerprint density at radius 3 is 2.48 bits per heavy atom. The normalized spacial score (nSPS) is 19.9. The van der Waals surface area contributed by atoms with Gasteiger partial charge in [0, 0.05) is 19.1 Å². The Bertz CT molecular complexity index is 674. The maximum absolute atomic E-state index is 12.7. The first-order valence-electron chi connectivity index (χ1n) is 8.17. The van der Waals surface area contributed by atoms with Gasteiger partial charge < -0.3 is 9.80 Å². The van der Waals surface area contributed by atoms with Crippen LogP contribution in [0.15, 0.2) is 24.3 Å². The lowest BCUT2D eigenvalue weighted by Crippen LogP contribution is -2.47. The van der Waals surface area contributed by atoms with Gasteiger partial charge in [0.2, 0.25) is 0 Å². The van der Waals surface area contributed by atoms with E-state index < -0.39 is 0 Å². The number of piperidine rings is 1. The maximum Gasteiger partial charge on any atom is 0.346 e. The molecule has 0 unspecified atom stereocenters. The number of para-hydroxylation sites is 1. The molecule has 0 atom stereocenters. The fraction of sp³-hybridized carbons (Fsp3) is 0.562. The summed E-state index contributed by atoms with van der Waals surface area (Å²) >= 11 is 0. The van der Waals surface area contributed by atoms with Gasteiger partial charge in [0.1, 0.15) is 5.52 Å². The van der Waals surface area contributed by atoms with Crippen molar-refractivity contribution < 1.29 is 4.79 Å². The zero-order valence-electron chi connectivity index (χ0n) is 13.1. The van der Waals surface area contributed by atoms with E-state index in [0.717, 1.165) is 37.0 Å². The average Bonchev–Trinajstić information content (AvgIpc) is 3.24. The Labute approximate surface area is 141 Å². The quantitative estimate of drug-likeness (QED) is 0.803. The van der Waals surface area contributed by atoms with Crippen molar-refractivity contribution in [3.05, 3.63) is 24.3 Å². The van der Waals surface area contributed by atoms with Crippen molar-refractivity contribution in [3.63, 3.8) is 0 Å². The van der Waals surface area contributed by atoms with Crippen LogP contribution >= 0.6 is 12.4 Å². The number of likely N-dealkylation sites (tertiary alicyclic amines) is 2. The Morgan fingerprint density at radius 1 is 1.04 bits per heavy atom. The lowest BCUT2D eigenvalue weighted by atomic mass is 10.0. The van der Waals surface area contributed by atoms with Crippen LogP contribution in [0.5, 0.6) is 0 Å². The largest absolute Gasteiger partial charge is 0.346 e. The van der Waals surface area contributed by atoms with Crippen LogP contribution in [0, 0.1) is 0 Å². The molecule has 2 fully saturated rings. The summed E-state index contributed by atoms with van der Waals surface area (Å²) in [6.45, 7) is 4.08. The first kappa shape index (κ1) is 16.2. The van der Waals surface area contributed by atoms with Crippen molar-refractivity contribution in [3.8, 4) is 0 Å². The van der Waals surface area contributed by atoms with Gasteiger partial charge in [0.05, 0.1) is 5.52 Å². The summed E-state index contributed by atoms with van der Waals surface area (Å²) in [5.41, 5.74) is 1.55. The number of carbonyl (C=O) groups excluding carboxylic acids is 1. The fourth-order valence-corrected chi connectivity index (χ4v) is 3.67. The van der Waals surface area contributed by atoms with Gasteiger partial charge in [-0.25, -0.2) is 4.79 Å². The number of carbonyl (C=O) groups is 1. The molecule has 2 aliphatic heterocycles. The number of halogens is 1. The topological polar surface area (TPSA) is 54.3 Å². The summed E-state index contributed by atoms with van der Waals surface area (Å²) < 4.78 is 1.44. The minimum atomic E-state index is -0.0476. The number of hydrogen-bond donors (Lipinski definition) is 0. The molecule has 2 aliphatic rings. The van der Waals surface area contributed by atoms with Crippen LogP contribution < -0.4 is 0 Å². The second kappa shape index (κ2) is 6.84. The highest BCUT2D eigenvalue weighted by atomic mass is 35.5. The van der Waals surface area contributed by atoms with E-state index in [2.05, 4.69) is 15.2 Å². The molecule has 1 amide bonds. The molecule has 4 rings (SSSR count). The second-order valence-corrected chi connectivity index (χ2v) is 6.23. The minimum absolute atomic E-state index is 0. The van der Waals surface area contributed by atoms with E-state index in [-0.39, 0.29) is 18.4 Å². The lowest BCUT2D eigenvalue weighted by Gasteiger charge is -2.36. The number of rotatable bonds is 1. The summed E-state index contributed by atoms with van der Waals surface area (Å²) in [6.07, 6.45) is 4.78. The third-order valence-electron chi connectivity index (χ3n) is 4.93. The van der Waals surface area contributed by atoms with Crippen LogP contribution in [0.2, 0.25) is 0 Å². The van der Waals surface area contributed by atoms with Crippen LogP contribution in [0.3, 0.4) is 0 Å². The van der Waals surface area contributed by atoms with Gasteiger partial charge in [-0.15, -0.1) is 17.5 Å². The molecule has 0 aliphatic carbocycles. The Balaban J connectivity index is 0.00000156. The fourth-order valence-electron chi connectivity index (χ4n) is 3.67. The van der Waals surface area contributed by atoms with Crippen LogP contribution in [0.1, 0.15) is 25.7 Å². The third-order valence-corrected chi connectivity index (χ3v) is 4.93. The van der Waals surface area contributed by atoms with Gasteiger partial charge in [-0.05, 0) is 50.9 Å². The van der Waals surface area contributed by atoms with E-state index in [1.807, 2.05) is 29.2 Å². The first-order valence-corrected chi connectivity index (χ1v) is 8.17. The smallest absolute Gasteiger partial charge is 0.323 e. The zero-order chi connectivity index (χ0) is 14.9. The Kier molecular flexibility index (Phi) is 4.82. The molecule has 0 radical (unpaired) electrons. The average molecular weight is 336 g/mol. The van der Waals surface area contributed by atoms with Crippen molar-refractivity contribution >= 4 is 29.5 Å². The predicted octanol–water partition coefficient (Wildman–Crippen LogP) is 2.38.